The monoisotopic (exact) mass is 432 g/mol. The maximum Gasteiger partial charge on any atom is 0.416 e. The molecule has 3 heterocycles. The van der Waals surface area contributed by atoms with E-state index in [-0.39, 0.29) is 5.56 Å². The van der Waals surface area contributed by atoms with Crippen molar-refractivity contribution in [1.29, 1.82) is 0 Å². The summed E-state index contributed by atoms with van der Waals surface area (Å²) < 4.78 is 46.4. The van der Waals surface area contributed by atoms with Crippen molar-refractivity contribution in [3.8, 4) is 0 Å². The zero-order valence-corrected chi connectivity index (χ0v) is 17.5. The van der Waals surface area contributed by atoms with Gasteiger partial charge in [0.1, 0.15) is 11.6 Å². The van der Waals surface area contributed by atoms with Crippen LogP contribution in [-0.2, 0) is 16.5 Å². The number of aryl methyl sites for hydroxylation is 1. The molecule has 1 aromatic carbocycles. The molecule has 0 bridgehead atoms. The fourth-order valence-corrected chi connectivity index (χ4v) is 3.87. The number of ether oxygens (including phenoxy) is 1. The highest BCUT2D eigenvalue weighted by molar-refractivity contribution is 5.88. The zero-order valence-electron chi connectivity index (χ0n) is 17.5. The van der Waals surface area contributed by atoms with Gasteiger partial charge in [-0.15, -0.1) is 0 Å². The van der Waals surface area contributed by atoms with Crippen LogP contribution < -0.4 is 10.9 Å². The van der Waals surface area contributed by atoms with Gasteiger partial charge in [-0.05, 0) is 44.9 Å². The SMILES string of the molecule is Cc1nc(N[C@@H](C)c2cccc(C(F)(F)F)c2)c2cn(C3(C)CCOC3)c(=O)cc2n1. The second-order valence-electron chi connectivity index (χ2n) is 8.19. The largest absolute Gasteiger partial charge is 0.416 e. The van der Waals surface area contributed by atoms with E-state index >= 15 is 0 Å². The molecule has 1 N–H and O–H groups in total. The van der Waals surface area contributed by atoms with E-state index in [4.69, 9.17) is 4.74 Å². The summed E-state index contributed by atoms with van der Waals surface area (Å²) in [4.78, 5) is 21.6. The number of anilines is 1. The minimum atomic E-state index is -4.41. The molecule has 164 valence electrons. The lowest BCUT2D eigenvalue weighted by Crippen LogP contribution is -2.38. The molecule has 6 nitrogen and oxygen atoms in total. The Hall–Kier alpha value is -2.94. The Morgan fingerprint density at radius 2 is 2.03 bits per heavy atom. The molecule has 1 aliphatic heterocycles. The van der Waals surface area contributed by atoms with Gasteiger partial charge in [0.25, 0.3) is 5.56 Å². The first-order valence-electron chi connectivity index (χ1n) is 10.00. The lowest BCUT2D eigenvalue weighted by Gasteiger charge is -2.26. The summed E-state index contributed by atoms with van der Waals surface area (Å²) in [6.07, 6.45) is -2.00. The zero-order chi connectivity index (χ0) is 22.4. The third-order valence-electron chi connectivity index (χ3n) is 5.69. The summed E-state index contributed by atoms with van der Waals surface area (Å²) in [6, 6.07) is 6.21. The van der Waals surface area contributed by atoms with Gasteiger partial charge in [-0.25, -0.2) is 9.97 Å². The first-order valence-corrected chi connectivity index (χ1v) is 10.00. The van der Waals surface area contributed by atoms with Crippen LogP contribution in [0.5, 0.6) is 0 Å². The lowest BCUT2D eigenvalue weighted by atomic mass is 10.0. The van der Waals surface area contributed by atoms with Gasteiger partial charge >= 0.3 is 6.18 Å². The Kier molecular flexibility index (Phi) is 5.25. The van der Waals surface area contributed by atoms with Gasteiger partial charge in [0.15, 0.2) is 0 Å². The summed E-state index contributed by atoms with van der Waals surface area (Å²) >= 11 is 0. The predicted molar refractivity (Wildman–Crippen MR) is 111 cm³/mol. The van der Waals surface area contributed by atoms with Crippen LogP contribution in [0.25, 0.3) is 10.9 Å². The van der Waals surface area contributed by atoms with Crippen molar-refractivity contribution in [2.24, 2.45) is 0 Å². The lowest BCUT2D eigenvalue weighted by molar-refractivity contribution is -0.137. The molecule has 2 aromatic heterocycles. The van der Waals surface area contributed by atoms with Crippen LogP contribution >= 0.6 is 0 Å². The van der Waals surface area contributed by atoms with Crippen LogP contribution in [0.3, 0.4) is 0 Å². The number of hydrogen-bond acceptors (Lipinski definition) is 5. The van der Waals surface area contributed by atoms with E-state index in [1.54, 1.807) is 30.7 Å². The van der Waals surface area contributed by atoms with E-state index in [2.05, 4.69) is 15.3 Å². The third kappa shape index (κ3) is 4.14. The van der Waals surface area contributed by atoms with Gasteiger partial charge in [0.05, 0.1) is 28.6 Å². The molecule has 0 saturated carbocycles. The van der Waals surface area contributed by atoms with Crippen LogP contribution in [0.15, 0.2) is 41.3 Å². The fourth-order valence-electron chi connectivity index (χ4n) is 3.87. The van der Waals surface area contributed by atoms with Crippen LogP contribution in [0, 0.1) is 6.92 Å². The van der Waals surface area contributed by atoms with Crippen molar-refractivity contribution in [1.82, 2.24) is 14.5 Å². The molecule has 0 aliphatic carbocycles. The number of rotatable bonds is 4. The predicted octanol–water partition coefficient (Wildman–Crippen LogP) is 4.43. The molecule has 0 spiro atoms. The molecule has 1 aliphatic rings. The Balaban J connectivity index is 1.76. The van der Waals surface area contributed by atoms with Crippen molar-refractivity contribution in [3.63, 3.8) is 0 Å². The summed E-state index contributed by atoms with van der Waals surface area (Å²) in [6.45, 7) is 6.43. The number of pyridine rings is 1. The summed E-state index contributed by atoms with van der Waals surface area (Å²) in [5, 5.41) is 3.83. The number of alkyl halides is 3. The number of fused-ring (bicyclic) bond motifs is 1. The average molecular weight is 432 g/mol. The summed E-state index contributed by atoms with van der Waals surface area (Å²) in [5.74, 6) is 0.919. The Morgan fingerprint density at radius 3 is 2.71 bits per heavy atom. The first kappa shape index (κ1) is 21.3. The minimum absolute atomic E-state index is 0.185. The molecule has 3 aromatic rings. The van der Waals surface area contributed by atoms with Gasteiger partial charge in [-0.1, -0.05) is 12.1 Å². The van der Waals surface area contributed by atoms with Crippen LogP contribution in [-0.4, -0.2) is 27.7 Å². The van der Waals surface area contributed by atoms with Crippen LogP contribution in [0.1, 0.15) is 43.3 Å². The Bertz CT molecular complexity index is 1180. The number of nitrogens with one attached hydrogen (secondary N) is 1. The van der Waals surface area contributed by atoms with Crippen molar-refractivity contribution < 1.29 is 17.9 Å². The van der Waals surface area contributed by atoms with E-state index in [1.807, 2.05) is 6.92 Å². The van der Waals surface area contributed by atoms with Gasteiger partial charge in [0.2, 0.25) is 0 Å². The minimum Gasteiger partial charge on any atom is -0.379 e. The second-order valence-corrected chi connectivity index (χ2v) is 8.19. The second kappa shape index (κ2) is 7.64. The smallest absolute Gasteiger partial charge is 0.379 e. The fraction of sp³-hybridized carbons (Fsp3) is 0.409. The number of nitrogens with zero attached hydrogens (tertiary/aromatic N) is 3. The third-order valence-corrected chi connectivity index (χ3v) is 5.69. The topological polar surface area (TPSA) is 69.0 Å². The molecule has 1 unspecified atom stereocenters. The van der Waals surface area contributed by atoms with E-state index in [0.717, 1.165) is 12.1 Å². The van der Waals surface area contributed by atoms with Crippen LogP contribution in [0.2, 0.25) is 0 Å². The molecule has 0 amide bonds. The van der Waals surface area contributed by atoms with E-state index in [9.17, 15) is 18.0 Å². The number of aromatic nitrogens is 3. The molecule has 9 heteroatoms. The molecule has 31 heavy (non-hydrogen) atoms. The summed E-state index contributed by atoms with van der Waals surface area (Å²) in [7, 11) is 0. The number of hydrogen-bond donors (Lipinski definition) is 1. The van der Waals surface area contributed by atoms with Gasteiger partial charge < -0.3 is 14.6 Å². The molecule has 2 atom stereocenters. The summed E-state index contributed by atoms with van der Waals surface area (Å²) in [5.41, 5.74) is -0.403. The number of benzene rings is 1. The Labute approximate surface area is 177 Å². The quantitative estimate of drug-likeness (QED) is 0.661. The molecular weight excluding hydrogens is 409 g/mol. The highest BCUT2D eigenvalue weighted by Gasteiger charge is 2.33. The molecular formula is C22H23F3N4O2. The Morgan fingerprint density at radius 1 is 1.26 bits per heavy atom. The van der Waals surface area contributed by atoms with E-state index < -0.39 is 23.3 Å². The maximum atomic E-state index is 13.1. The van der Waals surface area contributed by atoms with Crippen LogP contribution in [0.4, 0.5) is 19.0 Å². The van der Waals surface area contributed by atoms with Crippen molar-refractivity contribution in [2.45, 2.75) is 44.9 Å². The van der Waals surface area contributed by atoms with Crippen molar-refractivity contribution >= 4 is 16.7 Å². The van der Waals surface area contributed by atoms with E-state index in [1.165, 1.54) is 12.1 Å². The van der Waals surface area contributed by atoms with Gasteiger partial charge in [0, 0.05) is 24.9 Å². The normalized spacial score (nSPS) is 20.2. The molecule has 0 radical (unpaired) electrons. The van der Waals surface area contributed by atoms with Crippen molar-refractivity contribution in [2.75, 3.05) is 18.5 Å². The molecule has 1 fully saturated rings. The number of halogens is 3. The van der Waals surface area contributed by atoms with E-state index in [0.29, 0.717) is 47.7 Å². The molecule has 1 saturated heterocycles. The van der Waals surface area contributed by atoms with Gasteiger partial charge in [-0.2, -0.15) is 13.2 Å². The highest BCUT2D eigenvalue weighted by Crippen LogP contribution is 2.32. The van der Waals surface area contributed by atoms with Gasteiger partial charge in [-0.3, -0.25) is 4.79 Å². The maximum absolute atomic E-state index is 13.1. The first-order chi connectivity index (χ1) is 14.6. The standard InChI is InChI=1S/C22H23F3N4O2/c1-13(15-5-4-6-16(9-15)22(23,24)25)26-20-17-11-29(21(3)7-8-31-12-21)19(30)10-18(17)27-14(2)28-20/h4-6,9-11,13H,7-8,12H2,1-3H3,(H,26,27,28)/t13-,21?/m0/s1. The molecule has 4 rings (SSSR count). The van der Waals surface area contributed by atoms with Crippen molar-refractivity contribution in [3.05, 3.63) is 63.8 Å². The average Bonchev–Trinajstić information content (AvgIpc) is 3.14. The highest BCUT2D eigenvalue weighted by atomic mass is 19.4.